The number of carbonyl (C=O) groups is 1. The number of benzene rings is 1. The molecule has 0 unspecified atom stereocenters. The monoisotopic (exact) mass is 408 g/mol. The molecule has 3 N–H and O–H groups in total. The molecule has 5 nitrogen and oxygen atoms in total. The van der Waals surface area contributed by atoms with E-state index in [-0.39, 0.29) is 5.56 Å². The molecule has 150 valence electrons. The number of amides is 1. The number of hydrogen-bond donors (Lipinski definition) is 2. The average molecular weight is 408 g/mol. The van der Waals surface area contributed by atoms with Crippen molar-refractivity contribution in [3.05, 3.63) is 78.4 Å². The van der Waals surface area contributed by atoms with Crippen LogP contribution >= 0.6 is 0 Å². The Kier molecular flexibility index (Phi) is 4.83. The van der Waals surface area contributed by atoms with Crippen molar-refractivity contribution in [2.24, 2.45) is 5.73 Å². The number of halogens is 3. The molecule has 30 heavy (non-hydrogen) atoms. The third-order valence-corrected chi connectivity index (χ3v) is 4.58. The summed E-state index contributed by atoms with van der Waals surface area (Å²) in [4.78, 5) is 22.4. The lowest BCUT2D eigenvalue weighted by Gasteiger charge is -2.11. The average Bonchev–Trinajstić information content (AvgIpc) is 3.15. The van der Waals surface area contributed by atoms with Crippen LogP contribution in [0, 0.1) is 0 Å². The second-order valence-corrected chi connectivity index (χ2v) is 6.64. The summed E-state index contributed by atoms with van der Waals surface area (Å²) in [6.07, 6.45) is 4.36. The SMILES string of the molecule is NC(=O)C=Cc1cc(-c2cnc3[nH]cc(-c4ccncc4)c3c2)cc(C(F)(F)F)c1. The summed E-state index contributed by atoms with van der Waals surface area (Å²) < 4.78 is 40.2. The van der Waals surface area contributed by atoms with Gasteiger partial charge in [-0.1, -0.05) is 0 Å². The van der Waals surface area contributed by atoms with Crippen molar-refractivity contribution in [2.45, 2.75) is 6.18 Å². The predicted octanol–water partition coefficient (Wildman–Crippen LogP) is 4.81. The van der Waals surface area contributed by atoms with Crippen LogP contribution in [0.4, 0.5) is 13.2 Å². The van der Waals surface area contributed by atoms with E-state index in [0.717, 1.165) is 34.7 Å². The van der Waals surface area contributed by atoms with Gasteiger partial charge in [0.25, 0.3) is 0 Å². The Labute approximate surface area is 169 Å². The Hall–Kier alpha value is -3.94. The van der Waals surface area contributed by atoms with E-state index < -0.39 is 17.6 Å². The number of alkyl halides is 3. The molecule has 0 bridgehead atoms. The molecule has 1 amide bonds. The number of carbonyl (C=O) groups excluding carboxylic acids is 1. The van der Waals surface area contributed by atoms with E-state index in [1.807, 2.05) is 12.1 Å². The number of hydrogen-bond acceptors (Lipinski definition) is 3. The Morgan fingerprint density at radius 3 is 2.50 bits per heavy atom. The lowest BCUT2D eigenvalue weighted by atomic mass is 9.98. The normalized spacial score (nSPS) is 12.0. The number of pyridine rings is 2. The van der Waals surface area contributed by atoms with E-state index in [1.165, 1.54) is 12.3 Å². The van der Waals surface area contributed by atoms with Crippen LogP contribution in [0.3, 0.4) is 0 Å². The largest absolute Gasteiger partial charge is 0.416 e. The number of nitrogens with one attached hydrogen (secondary N) is 1. The van der Waals surface area contributed by atoms with Crippen molar-refractivity contribution in [1.29, 1.82) is 0 Å². The van der Waals surface area contributed by atoms with Crippen molar-refractivity contribution in [3.63, 3.8) is 0 Å². The van der Waals surface area contributed by atoms with Gasteiger partial charge in [-0.3, -0.25) is 9.78 Å². The Morgan fingerprint density at radius 1 is 1.03 bits per heavy atom. The van der Waals surface area contributed by atoms with Gasteiger partial charge in [0, 0.05) is 47.4 Å². The summed E-state index contributed by atoms with van der Waals surface area (Å²) in [5.41, 5.74) is 7.68. The molecule has 4 aromatic rings. The fourth-order valence-electron chi connectivity index (χ4n) is 3.19. The first-order valence-corrected chi connectivity index (χ1v) is 8.89. The highest BCUT2D eigenvalue weighted by Crippen LogP contribution is 2.35. The Morgan fingerprint density at radius 2 is 1.80 bits per heavy atom. The number of aromatic amines is 1. The first-order chi connectivity index (χ1) is 14.3. The van der Waals surface area contributed by atoms with E-state index in [0.29, 0.717) is 16.8 Å². The van der Waals surface area contributed by atoms with Crippen molar-refractivity contribution in [2.75, 3.05) is 0 Å². The van der Waals surface area contributed by atoms with E-state index in [2.05, 4.69) is 15.0 Å². The zero-order valence-corrected chi connectivity index (χ0v) is 15.4. The molecule has 3 aromatic heterocycles. The van der Waals surface area contributed by atoms with E-state index in [4.69, 9.17) is 5.73 Å². The molecule has 0 aliphatic carbocycles. The fraction of sp³-hybridized carbons (Fsp3) is 0.0455. The van der Waals surface area contributed by atoms with Crippen molar-refractivity contribution < 1.29 is 18.0 Å². The second-order valence-electron chi connectivity index (χ2n) is 6.64. The summed E-state index contributed by atoms with van der Waals surface area (Å²) in [5.74, 6) is -0.744. The predicted molar refractivity (Wildman–Crippen MR) is 108 cm³/mol. The van der Waals surface area contributed by atoms with Gasteiger partial charge in [0.15, 0.2) is 0 Å². The van der Waals surface area contributed by atoms with Crippen LogP contribution in [0.2, 0.25) is 0 Å². The number of primary amides is 1. The van der Waals surface area contributed by atoms with Gasteiger partial charge in [0.05, 0.1) is 5.56 Å². The van der Waals surface area contributed by atoms with Crippen LogP contribution in [0.15, 0.2) is 67.3 Å². The number of nitrogens with zero attached hydrogens (tertiary/aromatic N) is 2. The molecule has 0 aliphatic rings. The van der Waals surface area contributed by atoms with Gasteiger partial charge in [-0.15, -0.1) is 0 Å². The highest BCUT2D eigenvalue weighted by molar-refractivity contribution is 5.96. The molecule has 1 aromatic carbocycles. The van der Waals surface area contributed by atoms with Crippen molar-refractivity contribution in [1.82, 2.24) is 15.0 Å². The van der Waals surface area contributed by atoms with E-state index in [1.54, 1.807) is 30.7 Å². The molecule has 3 heterocycles. The summed E-state index contributed by atoms with van der Waals surface area (Å²) in [7, 11) is 0. The number of fused-ring (bicyclic) bond motifs is 1. The number of nitrogens with two attached hydrogens (primary N) is 1. The summed E-state index contributed by atoms with van der Waals surface area (Å²) >= 11 is 0. The third kappa shape index (κ3) is 3.93. The zero-order valence-electron chi connectivity index (χ0n) is 15.4. The van der Waals surface area contributed by atoms with Gasteiger partial charge < -0.3 is 10.7 Å². The zero-order chi connectivity index (χ0) is 21.3. The third-order valence-electron chi connectivity index (χ3n) is 4.58. The van der Waals surface area contributed by atoms with Crippen LogP contribution in [0.1, 0.15) is 11.1 Å². The minimum absolute atomic E-state index is 0.210. The Balaban J connectivity index is 1.87. The van der Waals surface area contributed by atoms with Crippen LogP contribution in [-0.2, 0) is 11.0 Å². The first kappa shape index (κ1) is 19.4. The molecule has 8 heteroatoms. The van der Waals surface area contributed by atoms with Gasteiger partial charge in [-0.25, -0.2) is 4.98 Å². The maximum Gasteiger partial charge on any atom is 0.416 e. The molecule has 0 radical (unpaired) electrons. The summed E-state index contributed by atoms with van der Waals surface area (Å²) in [6, 6.07) is 9.04. The minimum atomic E-state index is -4.54. The number of aromatic nitrogens is 3. The smallest absolute Gasteiger partial charge is 0.366 e. The van der Waals surface area contributed by atoms with Crippen LogP contribution in [-0.4, -0.2) is 20.9 Å². The van der Waals surface area contributed by atoms with Gasteiger partial charge in [-0.05, 0) is 59.2 Å². The fourth-order valence-corrected chi connectivity index (χ4v) is 3.19. The standard InChI is InChI=1S/C22H15F3N4O/c23-22(24,25)17-8-13(1-2-20(26)30)7-15(9-17)16-10-18-19(12-29-21(18)28-11-16)14-3-5-27-6-4-14/h1-12H,(H2,26,30)(H,28,29). The second kappa shape index (κ2) is 7.47. The minimum Gasteiger partial charge on any atom is -0.366 e. The highest BCUT2D eigenvalue weighted by atomic mass is 19.4. The van der Waals surface area contributed by atoms with Crippen molar-refractivity contribution >= 4 is 23.0 Å². The maximum absolute atomic E-state index is 13.4. The topological polar surface area (TPSA) is 84.7 Å². The Bertz CT molecular complexity index is 1260. The number of H-pyrrole nitrogens is 1. The molecule has 4 rings (SSSR count). The van der Waals surface area contributed by atoms with Gasteiger partial charge in [0.1, 0.15) is 5.65 Å². The molecular weight excluding hydrogens is 393 g/mol. The van der Waals surface area contributed by atoms with Crippen LogP contribution in [0.25, 0.3) is 39.4 Å². The molecule has 0 saturated heterocycles. The van der Waals surface area contributed by atoms with Gasteiger partial charge in [-0.2, -0.15) is 13.2 Å². The highest BCUT2D eigenvalue weighted by Gasteiger charge is 2.31. The lowest BCUT2D eigenvalue weighted by molar-refractivity contribution is -0.137. The van der Waals surface area contributed by atoms with Crippen LogP contribution < -0.4 is 5.73 Å². The van der Waals surface area contributed by atoms with Crippen LogP contribution in [0.5, 0.6) is 0 Å². The maximum atomic E-state index is 13.4. The molecule has 0 saturated carbocycles. The van der Waals surface area contributed by atoms with Gasteiger partial charge in [0.2, 0.25) is 5.91 Å². The summed E-state index contributed by atoms with van der Waals surface area (Å²) in [5, 5.41) is 0.769. The molecule has 0 atom stereocenters. The number of rotatable bonds is 4. The molecule has 0 fully saturated rings. The van der Waals surface area contributed by atoms with Crippen molar-refractivity contribution in [3.8, 4) is 22.3 Å². The first-order valence-electron chi connectivity index (χ1n) is 8.89. The lowest BCUT2D eigenvalue weighted by Crippen LogP contribution is -2.06. The molecular formula is C22H15F3N4O. The van der Waals surface area contributed by atoms with E-state index in [9.17, 15) is 18.0 Å². The molecule has 0 spiro atoms. The van der Waals surface area contributed by atoms with Gasteiger partial charge >= 0.3 is 6.18 Å². The quantitative estimate of drug-likeness (QED) is 0.475. The van der Waals surface area contributed by atoms with E-state index >= 15 is 0 Å². The molecule has 0 aliphatic heterocycles. The summed E-state index contributed by atoms with van der Waals surface area (Å²) in [6.45, 7) is 0.